The van der Waals surface area contributed by atoms with Gasteiger partial charge in [0.2, 0.25) is 11.8 Å². The Hall–Kier alpha value is -2.94. The van der Waals surface area contributed by atoms with Crippen LogP contribution in [0.5, 0.6) is 11.6 Å². The second-order valence-electron chi connectivity index (χ2n) is 4.77. The third-order valence-corrected chi connectivity index (χ3v) is 3.56. The first-order valence-corrected chi connectivity index (χ1v) is 6.42. The van der Waals surface area contributed by atoms with Gasteiger partial charge in [0.1, 0.15) is 17.4 Å². The SMILES string of the molecule is COc1cccc([C@@H]2C(C#N)=C(N)Oc3n[nH]c(C)c32)c1. The normalized spacial score (nSPS) is 16.9. The number of aromatic amines is 1. The molecule has 21 heavy (non-hydrogen) atoms. The van der Waals surface area contributed by atoms with Gasteiger partial charge in [-0.2, -0.15) is 5.26 Å². The number of hydrogen-bond acceptors (Lipinski definition) is 5. The monoisotopic (exact) mass is 282 g/mol. The summed E-state index contributed by atoms with van der Waals surface area (Å²) in [5.41, 5.74) is 8.82. The topological polar surface area (TPSA) is 96.9 Å². The number of rotatable bonds is 2. The van der Waals surface area contributed by atoms with Crippen molar-refractivity contribution in [2.24, 2.45) is 5.73 Å². The number of nitriles is 1. The third kappa shape index (κ3) is 1.99. The smallest absolute Gasteiger partial charge is 0.244 e. The Morgan fingerprint density at radius 1 is 1.48 bits per heavy atom. The van der Waals surface area contributed by atoms with Crippen molar-refractivity contribution in [1.29, 1.82) is 5.26 Å². The van der Waals surface area contributed by atoms with Crippen LogP contribution < -0.4 is 15.2 Å². The maximum absolute atomic E-state index is 9.44. The summed E-state index contributed by atoms with van der Waals surface area (Å²) >= 11 is 0. The van der Waals surface area contributed by atoms with E-state index in [4.69, 9.17) is 15.2 Å². The molecule has 1 aromatic heterocycles. The molecule has 0 saturated carbocycles. The molecule has 2 heterocycles. The zero-order valence-electron chi connectivity index (χ0n) is 11.7. The summed E-state index contributed by atoms with van der Waals surface area (Å²) in [6.07, 6.45) is 0. The molecule has 0 unspecified atom stereocenters. The minimum atomic E-state index is -0.312. The highest BCUT2D eigenvalue weighted by Gasteiger charge is 2.34. The van der Waals surface area contributed by atoms with Crippen molar-refractivity contribution < 1.29 is 9.47 Å². The standard InChI is InChI=1S/C15H14N4O2/c1-8-12-13(9-4-3-5-10(6-9)20-2)11(7-16)14(17)21-15(12)19-18-8/h3-6,13H,17H2,1-2H3,(H,18,19)/t13-/m1/s1. The molecule has 0 spiro atoms. The number of nitrogens with one attached hydrogen (secondary N) is 1. The average molecular weight is 282 g/mol. The number of benzene rings is 1. The van der Waals surface area contributed by atoms with Crippen LogP contribution >= 0.6 is 0 Å². The van der Waals surface area contributed by atoms with Crippen LogP contribution in [-0.2, 0) is 0 Å². The number of ether oxygens (including phenoxy) is 2. The summed E-state index contributed by atoms with van der Waals surface area (Å²) in [4.78, 5) is 0. The zero-order chi connectivity index (χ0) is 15.0. The predicted octanol–water partition coefficient (Wildman–Crippen LogP) is 1.94. The fraction of sp³-hybridized carbons (Fsp3) is 0.200. The fourth-order valence-corrected chi connectivity index (χ4v) is 2.55. The molecule has 1 aromatic carbocycles. The van der Waals surface area contributed by atoms with E-state index in [9.17, 15) is 5.26 Å². The molecule has 1 atom stereocenters. The van der Waals surface area contributed by atoms with Gasteiger partial charge >= 0.3 is 0 Å². The summed E-state index contributed by atoms with van der Waals surface area (Å²) in [5, 5.41) is 16.4. The fourth-order valence-electron chi connectivity index (χ4n) is 2.55. The van der Waals surface area contributed by atoms with Crippen LogP contribution in [-0.4, -0.2) is 17.3 Å². The van der Waals surface area contributed by atoms with E-state index in [2.05, 4.69) is 16.3 Å². The largest absolute Gasteiger partial charge is 0.497 e. The Morgan fingerprint density at radius 2 is 2.29 bits per heavy atom. The van der Waals surface area contributed by atoms with Gasteiger partial charge in [0.05, 0.1) is 13.0 Å². The molecular formula is C15H14N4O2. The van der Waals surface area contributed by atoms with Crippen molar-refractivity contribution in [2.75, 3.05) is 7.11 Å². The molecule has 0 amide bonds. The van der Waals surface area contributed by atoms with Gasteiger partial charge in [-0.1, -0.05) is 12.1 Å². The lowest BCUT2D eigenvalue weighted by Gasteiger charge is -2.23. The van der Waals surface area contributed by atoms with E-state index in [0.29, 0.717) is 11.5 Å². The number of methoxy groups -OCH3 is 1. The van der Waals surface area contributed by atoms with Crippen LogP contribution in [0.1, 0.15) is 22.7 Å². The van der Waals surface area contributed by atoms with Gasteiger partial charge in [-0.05, 0) is 24.6 Å². The number of fused-ring (bicyclic) bond motifs is 1. The van der Waals surface area contributed by atoms with Crippen molar-refractivity contribution in [2.45, 2.75) is 12.8 Å². The van der Waals surface area contributed by atoms with E-state index in [-0.39, 0.29) is 11.8 Å². The molecule has 0 radical (unpaired) electrons. The molecule has 0 fully saturated rings. The van der Waals surface area contributed by atoms with Crippen LogP contribution in [0.25, 0.3) is 0 Å². The number of nitrogens with two attached hydrogens (primary N) is 1. The quantitative estimate of drug-likeness (QED) is 0.877. The summed E-state index contributed by atoms with van der Waals surface area (Å²) < 4.78 is 10.7. The van der Waals surface area contributed by atoms with Crippen LogP contribution in [0, 0.1) is 18.3 Å². The van der Waals surface area contributed by atoms with Crippen molar-refractivity contribution >= 4 is 0 Å². The molecule has 0 bridgehead atoms. The Morgan fingerprint density at radius 3 is 3.00 bits per heavy atom. The van der Waals surface area contributed by atoms with E-state index in [1.54, 1.807) is 7.11 Å². The molecule has 6 heteroatoms. The van der Waals surface area contributed by atoms with Gasteiger partial charge in [-0.3, -0.25) is 5.10 Å². The molecule has 2 aromatic rings. The molecule has 1 aliphatic heterocycles. The van der Waals surface area contributed by atoms with E-state index < -0.39 is 0 Å². The molecule has 3 rings (SSSR count). The number of hydrogen-bond donors (Lipinski definition) is 2. The highest BCUT2D eigenvalue weighted by atomic mass is 16.5. The third-order valence-electron chi connectivity index (χ3n) is 3.56. The number of aryl methyl sites for hydroxylation is 1. The minimum absolute atomic E-state index is 0.0873. The number of allylic oxidation sites excluding steroid dienone is 1. The van der Waals surface area contributed by atoms with Gasteiger partial charge in [-0.25, -0.2) is 0 Å². The van der Waals surface area contributed by atoms with Crippen molar-refractivity contribution in [3.63, 3.8) is 0 Å². The molecule has 6 nitrogen and oxygen atoms in total. The first kappa shape index (κ1) is 13.1. The number of aromatic nitrogens is 2. The molecular weight excluding hydrogens is 268 g/mol. The summed E-state index contributed by atoms with van der Waals surface area (Å²) in [6.45, 7) is 1.89. The van der Waals surface area contributed by atoms with Crippen LogP contribution in [0.4, 0.5) is 0 Å². The number of nitrogens with zero attached hydrogens (tertiary/aromatic N) is 2. The Balaban J connectivity index is 2.22. The van der Waals surface area contributed by atoms with Crippen molar-refractivity contribution in [3.05, 3.63) is 52.5 Å². The highest BCUT2D eigenvalue weighted by Crippen LogP contribution is 2.42. The van der Waals surface area contributed by atoms with E-state index in [1.807, 2.05) is 31.2 Å². The second kappa shape index (κ2) is 4.87. The molecule has 1 aliphatic rings. The molecule has 106 valence electrons. The molecule has 3 N–H and O–H groups in total. The van der Waals surface area contributed by atoms with E-state index in [0.717, 1.165) is 22.6 Å². The van der Waals surface area contributed by atoms with E-state index in [1.165, 1.54) is 0 Å². The van der Waals surface area contributed by atoms with Gasteiger partial charge in [0.15, 0.2) is 0 Å². The lowest BCUT2D eigenvalue weighted by Crippen LogP contribution is -2.21. The van der Waals surface area contributed by atoms with Gasteiger partial charge in [-0.15, -0.1) is 5.10 Å². The average Bonchev–Trinajstić information content (AvgIpc) is 2.86. The lowest BCUT2D eigenvalue weighted by molar-refractivity contribution is 0.378. The van der Waals surface area contributed by atoms with Crippen LogP contribution in [0.3, 0.4) is 0 Å². The second-order valence-corrected chi connectivity index (χ2v) is 4.77. The number of H-pyrrole nitrogens is 1. The zero-order valence-corrected chi connectivity index (χ0v) is 11.7. The Labute approximate surface area is 121 Å². The lowest BCUT2D eigenvalue weighted by atomic mass is 9.84. The van der Waals surface area contributed by atoms with Gasteiger partial charge in [0.25, 0.3) is 0 Å². The summed E-state index contributed by atoms with van der Waals surface area (Å²) in [7, 11) is 1.60. The first-order chi connectivity index (χ1) is 10.2. The maximum Gasteiger partial charge on any atom is 0.244 e. The van der Waals surface area contributed by atoms with Gasteiger partial charge in [0, 0.05) is 11.3 Å². The van der Waals surface area contributed by atoms with Crippen molar-refractivity contribution in [1.82, 2.24) is 10.2 Å². The summed E-state index contributed by atoms with van der Waals surface area (Å²) in [5.74, 6) is 0.909. The minimum Gasteiger partial charge on any atom is -0.497 e. The van der Waals surface area contributed by atoms with Gasteiger partial charge < -0.3 is 15.2 Å². The molecule has 0 aliphatic carbocycles. The first-order valence-electron chi connectivity index (χ1n) is 6.42. The molecule has 0 saturated heterocycles. The van der Waals surface area contributed by atoms with Crippen LogP contribution in [0.2, 0.25) is 0 Å². The van der Waals surface area contributed by atoms with E-state index >= 15 is 0 Å². The van der Waals surface area contributed by atoms with Crippen LogP contribution in [0.15, 0.2) is 35.7 Å². The van der Waals surface area contributed by atoms with Crippen molar-refractivity contribution in [3.8, 4) is 17.7 Å². The highest BCUT2D eigenvalue weighted by molar-refractivity contribution is 5.55. The Bertz CT molecular complexity index is 770. The summed E-state index contributed by atoms with van der Waals surface area (Å²) in [6, 6.07) is 9.69. The maximum atomic E-state index is 9.44. The predicted molar refractivity (Wildman–Crippen MR) is 75.6 cm³/mol. The Kier molecular flexibility index (Phi) is 3.03.